The van der Waals surface area contributed by atoms with E-state index in [2.05, 4.69) is 33.9 Å². The van der Waals surface area contributed by atoms with Crippen LogP contribution in [0.1, 0.15) is 41.1 Å². The second-order valence-corrected chi connectivity index (χ2v) is 6.75. The molecule has 3 N–H and O–H groups in total. The third-order valence-corrected chi connectivity index (χ3v) is 4.65. The van der Waals surface area contributed by atoms with E-state index >= 15 is 0 Å². The number of hydrogen-bond donors (Lipinski definition) is 3. The van der Waals surface area contributed by atoms with Crippen molar-refractivity contribution in [3.8, 4) is 0 Å². The summed E-state index contributed by atoms with van der Waals surface area (Å²) in [6.45, 7) is 8.39. The molecule has 0 spiro atoms. The Bertz CT molecular complexity index is 1010. The van der Waals surface area contributed by atoms with E-state index in [9.17, 15) is 4.79 Å². The molecule has 0 unspecified atom stereocenters. The summed E-state index contributed by atoms with van der Waals surface area (Å²) in [6.07, 6.45) is 0. The second-order valence-electron chi connectivity index (χ2n) is 6.75. The van der Waals surface area contributed by atoms with Gasteiger partial charge in [0, 0.05) is 29.6 Å². The molecule has 0 atom stereocenters. The molecule has 0 aliphatic heterocycles. The first-order valence-corrected chi connectivity index (χ1v) is 9.98. The van der Waals surface area contributed by atoms with Crippen LogP contribution >= 0.6 is 0 Å². The Morgan fingerprint density at radius 2 is 1.79 bits per heavy atom. The van der Waals surface area contributed by atoms with E-state index in [0.717, 1.165) is 34.4 Å². The lowest BCUT2D eigenvalue weighted by Crippen LogP contribution is -2.36. The molecule has 0 fully saturated rings. The van der Waals surface area contributed by atoms with Crippen molar-refractivity contribution in [1.29, 1.82) is 0 Å². The van der Waals surface area contributed by atoms with Crippen LogP contribution < -0.4 is 16.0 Å². The SMILES string of the molecule is CCNC(=O)c1cccc(CN=C(NCC)NCc2oc3ccccc3c2C)c1. The number of benzene rings is 2. The zero-order valence-corrected chi connectivity index (χ0v) is 17.2. The average molecular weight is 393 g/mol. The number of aryl methyl sites for hydroxylation is 1. The van der Waals surface area contributed by atoms with Crippen LogP contribution in [0.3, 0.4) is 0 Å². The van der Waals surface area contributed by atoms with Gasteiger partial charge in [0.25, 0.3) is 5.91 Å². The molecule has 1 aromatic heterocycles. The number of aliphatic imine (C=N–C) groups is 1. The van der Waals surface area contributed by atoms with Gasteiger partial charge in [-0.05, 0) is 44.5 Å². The maximum atomic E-state index is 12.0. The summed E-state index contributed by atoms with van der Waals surface area (Å²) in [7, 11) is 0. The molecule has 6 nitrogen and oxygen atoms in total. The minimum Gasteiger partial charge on any atom is -0.459 e. The fourth-order valence-corrected chi connectivity index (χ4v) is 3.14. The van der Waals surface area contributed by atoms with Crippen LogP contribution in [-0.4, -0.2) is 25.0 Å². The molecule has 6 heteroatoms. The van der Waals surface area contributed by atoms with Gasteiger partial charge in [-0.1, -0.05) is 30.3 Å². The van der Waals surface area contributed by atoms with E-state index in [0.29, 0.717) is 31.2 Å². The van der Waals surface area contributed by atoms with Gasteiger partial charge in [-0.3, -0.25) is 4.79 Å². The van der Waals surface area contributed by atoms with Gasteiger partial charge in [0.2, 0.25) is 0 Å². The molecule has 29 heavy (non-hydrogen) atoms. The first kappa shape index (κ1) is 20.5. The molecule has 3 aromatic rings. The number of nitrogens with zero attached hydrogens (tertiary/aromatic N) is 1. The van der Waals surface area contributed by atoms with Crippen molar-refractivity contribution in [2.45, 2.75) is 33.9 Å². The summed E-state index contributed by atoms with van der Waals surface area (Å²) in [5, 5.41) is 10.5. The maximum Gasteiger partial charge on any atom is 0.251 e. The lowest BCUT2D eigenvalue weighted by Gasteiger charge is -2.11. The van der Waals surface area contributed by atoms with Crippen molar-refractivity contribution < 1.29 is 9.21 Å². The normalized spacial score (nSPS) is 11.5. The van der Waals surface area contributed by atoms with Gasteiger partial charge in [-0.25, -0.2) is 4.99 Å². The molecule has 1 heterocycles. The van der Waals surface area contributed by atoms with Crippen LogP contribution in [-0.2, 0) is 13.1 Å². The second kappa shape index (κ2) is 9.78. The largest absolute Gasteiger partial charge is 0.459 e. The Morgan fingerprint density at radius 1 is 1.00 bits per heavy atom. The minimum absolute atomic E-state index is 0.0660. The van der Waals surface area contributed by atoms with Crippen LogP contribution in [0.2, 0.25) is 0 Å². The lowest BCUT2D eigenvalue weighted by molar-refractivity contribution is 0.0955. The number of para-hydroxylation sites is 1. The van der Waals surface area contributed by atoms with Crippen molar-refractivity contribution in [3.63, 3.8) is 0 Å². The lowest BCUT2D eigenvalue weighted by atomic mass is 10.1. The molecule has 0 saturated heterocycles. The smallest absolute Gasteiger partial charge is 0.251 e. The molecule has 0 saturated carbocycles. The number of nitrogens with one attached hydrogen (secondary N) is 3. The first-order chi connectivity index (χ1) is 14.1. The van der Waals surface area contributed by atoms with E-state index in [1.165, 1.54) is 0 Å². The third kappa shape index (κ3) is 5.16. The fraction of sp³-hybridized carbons (Fsp3) is 0.304. The Balaban J connectivity index is 1.69. The monoisotopic (exact) mass is 392 g/mol. The van der Waals surface area contributed by atoms with E-state index in [1.54, 1.807) is 0 Å². The Labute approximate surface area is 171 Å². The molecule has 152 valence electrons. The van der Waals surface area contributed by atoms with Gasteiger partial charge >= 0.3 is 0 Å². The van der Waals surface area contributed by atoms with E-state index in [1.807, 2.05) is 56.3 Å². The fourth-order valence-electron chi connectivity index (χ4n) is 3.14. The van der Waals surface area contributed by atoms with Gasteiger partial charge in [0.05, 0.1) is 13.1 Å². The van der Waals surface area contributed by atoms with Crippen molar-refractivity contribution in [1.82, 2.24) is 16.0 Å². The number of guanidine groups is 1. The predicted octanol–water partition coefficient (Wildman–Crippen LogP) is 3.75. The summed E-state index contributed by atoms with van der Waals surface area (Å²) in [5.74, 6) is 1.54. The number of amides is 1. The first-order valence-electron chi connectivity index (χ1n) is 9.98. The predicted molar refractivity (Wildman–Crippen MR) is 117 cm³/mol. The van der Waals surface area contributed by atoms with Gasteiger partial charge in [0.1, 0.15) is 11.3 Å². The third-order valence-electron chi connectivity index (χ3n) is 4.65. The highest BCUT2D eigenvalue weighted by molar-refractivity contribution is 5.94. The Morgan fingerprint density at radius 3 is 2.55 bits per heavy atom. The highest BCUT2D eigenvalue weighted by Gasteiger charge is 2.10. The minimum atomic E-state index is -0.0660. The number of fused-ring (bicyclic) bond motifs is 1. The van der Waals surface area contributed by atoms with Gasteiger partial charge in [-0.15, -0.1) is 0 Å². The molecule has 3 rings (SSSR count). The zero-order valence-electron chi connectivity index (χ0n) is 17.2. The van der Waals surface area contributed by atoms with E-state index in [-0.39, 0.29) is 5.91 Å². The number of hydrogen-bond acceptors (Lipinski definition) is 3. The zero-order chi connectivity index (χ0) is 20.6. The Hall–Kier alpha value is -3.28. The summed E-state index contributed by atoms with van der Waals surface area (Å²) in [6, 6.07) is 15.6. The van der Waals surface area contributed by atoms with Crippen LogP contribution in [0.15, 0.2) is 57.9 Å². The van der Waals surface area contributed by atoms with Gasteiger partial charge in [0.15, 0.2) is 5.96 Å². The maximum absolute atomic E-state index is 12.0. The highest BCUT2D eigenvalue weighted by atomic mass is 16.3. The molecule has 2 aromatic carbocycles. The molecule has 0 aliphatic carbocycles. The van der Waals surface area contributed by atoms with Crippen molar-refractivity contribution in [2.24, 2.45) is 4.99 Å². The van der Waals surface area contributed by atoms with Crippen molar-refractivity contribution in [3.05, 3.63) is 71.0 Å². The quantitative estimate of drug-likeness (QED) is 0.423. The highest BCUT2D eigenvalue weighted by Crippen LogP contribution is 2.24. The van der Waals surface area contributed by atoms with Crippen LogP contribution in [0.5, 0.6) is 0 Å². The van der Waals surface area contributed by atoms with Crippen molar-refractivity contribution >= 4 is 22.8 Å². The topological polar surface area (TPSA) is 78.7 Å². The summed E-state index contributed by atoms with van der Waals surface area (Å²) < 4.78 is 5.97. The number of furan rings is 1. The Kier molecular flexibility index (Phi) is 6.89. The van der Waals surface area contributed by atoms with Crippen LogP contribution in [0, 0.1) is 6.92 Å². The summed E-state index contributed by atoms with van der Waals surface area (Å²) in [5.41, 5.74) is 3.66. The van der Waals surface area contributed by atoms with Gasteiger partial charge in [-0.2, -0.15) is 0 Å². The average Bonchev–Trinajstić information content (AvgIpc) is 3.06. The van der Waals surface area contributed by atoms with Crippen LogP contribution in [0.25, 0.3) is 11.0 Å². The van der Waals surface area contributed by atoms with Crippen LogP contribution in [0.4, 0.5) is 0 Å². The molecule has 0 radical (unpaired) electrons. The van der Waals surface area contributed by atoms with Gasteiger partial charge < -0.3 is 20.4 Å². The van der Waals surface area contributed by atoms with Crippen molar-refractivity contribution in [2.75, 3.05) is 13.1 Å². The summed E-state index contributed by atoms with van der Waals surface area (Å²) >= 11 is 0. The summed E-state index contributed by atoms with van der Waals surface area (Å²) in [4.78, 5) is 16.7. The van der Waals surface area contributed by atoms with E-state index in [4.69, 9.17) is 4.42 Å². The number of carbonyl (C=O) groups excluding carboxylic acids is 1. The standard InChI is InChI=1S/C23H28N4O2/c1-4-24-22(28)18-10-8-9-17(13-18)14-26-23(25-5-2)27-15-21-16(3)19-11-6-7-12-20(19)29-21/h6-13H,4-5,14-15H2,1-3H3,(H,24,28)(H2,25,26,27). The molecule has 0 bridgehead atoms. The number of rotatable bonds is 7. The number of carbonyl (C=O) groups is 1. The molecule has 0 aliphatic rings. The molecular formula is C23H28N4O2. The van der Waals surface area contributed by atoms with E-state index < -0.39 is 0 Å². The molecule has 1 amide bonds. The molecular weight excluding hydrogens is 364 g/mol.